The number of fused-ring (bicyclic) bond motifs is 21. The van der Waals surface area contributed by atoms with E-state index in [2.05, 4.69) is 293 Å². The number of aromatic nitrogens is 13. The third-order valence-corrected chi connectivity index (χ3v) is 28.2. The van der Waals surface area contributed by atoms with Crippen molar-refractivity contribution in [2.75, 3.05) is 0 Å². The van der Waals surface area contributed by atoms with Gasteiger partial charge in [0.15, 0.2) is 58.0 Å². The van der Waals surface area contributed by atoms with Crippen LogP contribution in [0.25, 0.3) is 259 Å². The van der Waals surface area contributed by atoms with E-state index < -0.39 is 0 Å². The topological polar surface area (TPSA) is 157 Å². The zero-order valence-corrected chi connectivity index (χ0v) is 75.5. The number of pyridine rings is 1. The predicted molar refractivity (Wildman–Crippen MR) is 574 cm³/mol. The van der Waals surface area contributed by atoms with Gasteiger partial charge in [-0.15, -0.1) is 22.7 Å². The summed E-state index contributed by atoms with van der Waals surface area (Å²) in [6, 6.07) is 155. The molecule has 0 aliphatic heterocycles. The van der Waals surface area contributed by atoms with Crippen molar-refractivity contribution in [3.63, 3.8) is 0 Å². The molecule has 0 amide bonds. The van der Waals surface area contributed by atoms with Crippen molar-refractivity contribution >= 4 is 150 Å². The van der Waals surface area contributed by atoms with E-state index in [1.807, 2.05) is 199 Å². The molecule has 0 fully saturated rings. The van der Waals surface area contributed by atoms with Crippen LogP contribution in [0.4, 0.5) is 0 Å². The van der Waals surface area contributed by atoms with E-state index in [1.54, 1.807) is 0 Å². The molecule has 0 unspecified atom stereocenters. The molecule has 0 aliphatic rings. The van der Waals surface area contributed by atoms with Gasteiger partial charge in [0.2, 0.25) is 0 Å². The molecule has 10 aromatic heterocycles. The highest BCUT2D eigenvalue weighted by Gasteiger charge is 2.26. The van der Waals surface area contributed by atoms with Crippen LogP contribution in [-0.2, 0) is 0 Å². The molecule has 654 valence electrons. The Labute approximate surface area is 805 Å². The van der Waals surface area contributed by atoms with Crippen LogP contribution in [0.1, 0.15) is 7.43 Å². The lowest BCUT2D eigenvalue weighted by Gasteiger charge is -2.12. The summed E-state index contributed by atoms with van der Waals surface area (Å²) in [5.41, 5.74) is 21.4. The minimum absolute atomic E-state index is 0. The minimum Gasteiger partial charge on any atom is -0.454 e. The lowest BCUT2D eigenvalue weighted by molar-refractivity contribution is 0.671. The van der Waals surface area contributed by atoms with E-state index in [0.717, 1.165) is 122 Å². The number of hydrogen-bond acceptors (Lipinski definition) is 13. The Morgan fingerprint density at radius 3 is 0.964 bits per heavy atom. The maximum Gasteiger partial charge on any atom is 0.165 e. The van der Waals surface area contributed by atoms with E-state index in [-0.39, 0.29) is 7.43 Å². The Morgan fingerprint density at radius 2 is 0.511 bits per heavy atom. The van der Waals surface area contributed by atoms with Crippen LogP contribution < -0.4 is 0 Å². The Hall–Kier alpha value is -18.2. The van der Waals surface area contributed by atoms with E-state index in [9.17, 15) is 0 Å². The zero-order chi connectivity index (χ0) is 91.1. The van der Waals surface area contributed by atoms with Crippen LogP contribution in [-0.4, -0.2) is 63.5 Å². The number of furan rings is 1. The number of nitrogens with zero attached hydrogens (tertiary/aromatic N) is 13. The molecular formula is C123H79N13OS2. The summed E-state index contributed by atoms with van der Waals surface area (Å²) >= 11 is 3.70. The summed E-state index contributed by atoms with van der Waals surface area (Å²) in [4.78, 5) is 49.5. The largest absolute Gasteiger partial charge is 0.454 e. The summed E-state index contributed by atoms with van der Waals surface area (Å²) in [6.45, 7) is 0. The fourth-order valence-electron chi connectivity index (χ4n) is 19.4. The monoisotopic (exact) mass is 1820 g/mol. The second kappa shape index (κ2) is 35.0. The van der Waals surface area contributed by atoms with Crippen LogP contribution in [0.5, 0.6) is 0 Å². The molecule has 28 rings (SSSR count). The van der Waals surface area contributed by atoms with Gasteiger partial charge >= 0.3 is 0 Å². The first-order chi connectivity index (χ1) is 68.4. The Balaban J connectivity index is 0.000000110. The molecule has 0 atom stereocenters. The zero-order valence-electron chi connectivity index (χ0n) is 73.8. The molecule has 0 saturated heterocycles. The van der Waals surface area contributed by atoms with Gasteiger partial charge in [0.25, 0.3) is 0 Å². The summed E-state index contributed by atoms with van der Waals surface area (Å²) in [5.74, 6) is 6.55. The second-order valence-electron chi connectivity index (χ2n) is 34.1. The Bertz CT molecular complexity index is 9110. The van der Waals surface area contributed by atoms with Crippen molar-refractivity contribution in [1.82, 2.24) is 63.5 Å². The molecule has 0 saturated carbocycles. The molecule has 18 aromatic carbocycles. The molecule has 0 spiro atoms. The summed E-state index contributed by atoms with van der Waals surface area (Å²) in [5, 5.41) is 14.6. The predicted octanol–water partition coefficient (Wildman–Crippen LogP) is 32.2. The summed E-state index contributed by atoms with van der Waals surface area (Å²) in [7, 11) is 0. The van der Waals surface area contributed by atoms with E-state index in [0.29, 0.717) is 52.4 Å². The van der Waals surface area contributed by atoms with Crippen LogP contribution >= 0.6 is 22.7 Å². The summed E-state index contributed by atoms with van der Waals surface area (Å²) in [6.07, 6.45) is 1.87. The van der Waals surface area contributed by atoms with Gasteiger partial charge in [0.1, 0.15) is 11.4 Å². The highest BCUT2D eigenvalue weighted by atomic mass is 32.1. The average molecular weight is 1820 g/mol. The van der Waals surface area contributed by atoms with Crippen molar-refractivity contribution < 1.29 is 4.42 Å². The van der Waals surface area contributed by atoms with Crippen LogP contribution in [0, 0.1) is 0 Å². The maximum absolute atomic E-state index is 6.51. The van der Waals surface area contributed by atoms with E-state index in [1.165, 1.54) is 83.8 Å². The maximum atomic E-state index is 6.51. The van der Waals surface area contributed by atoms with Crippen molar-refractivity contribution in [3.05, 3.63) is 455 Å². The van der Waals surface area contributed by atoms with Gasteiger partial charge in [0, 0.05) is 142 Å². The third-order valence-electron chi connectivity index (χ3n) is 25.8. The standard InChI is InChI=1S/C45H28N4S.C39H24N4O.C38H23N5S.CH4/c1-3-13-29(14-4-1)31-17-11-18-32(27-31)44-46-43(30-15-5-2-6-16-30)47-45(48-44)33-19-12-20-34(28-33)49-39-23-9-7-21-35(39)37-25-26-38-36-22-8-10-24-40(36)50-42(38)41(37)49;1-3-11-25(12-4-1)37-40-38(26-13-5-2-6-14-26)42-39(41-37)27-19-21-28(22-20-27)43-33-17-9-7-15-29(33)31-23-24-32-30-16-8-10-18-34(30)44-36(32)35(31)43;1-3-11-24(12-4-1)36-40-37(25-13-5-2-6-14-25)42-38(41-36)26-19-22-33(39-23-26)43-31-17-9-7-15-27(31)29-20-21-30-28-16-8-10-18-32(28)44-35(30)34(29)43;/h1-28H;1-24H;1-23H;1H4. The van der Waals surface area contributed by atoms with Gasteiger partial charge < -0.3 is 13.6 Å². The van der Waals surface area contributed by atoms with Gasteiger partial charge in [-0.25, -0.2) is 49.8 Å². The Morgan fingerprint density at radius 1 is 0.194 bits per heavy atom. The van der Waals surface area contributed by atoms with Gasteiger partial charge in [-0.2, -0.15) is 0 Å². The van der Waals surface area contributed by atoms with Crippen LogP contribution in [0.15, 0.2) is 460 Å². The van der Waals surface area contributed by atoms with Gasteiger partial charge in [-0.3, -0.25) is 4.57 Å². The quantitative estimate of drug-likeness (QED) is 0.108. The lowest BCUT2D eigenvalue weighted by atomic mass is 10.0. The molecule has 0 radical (unpaired) electrons. The Kier molecular flexibility index (Phi) is 20.8. The van der Waals surface area contributed by atoms with E-state index in [4.69, 9.17) is 54.3 Å². The van der Waals surface area contributed by atoms with E-state index >= 15 is 0 Å². The smallest absolute Gasteiger partial charge is 0.165 e. The molecule has 139 heavy (non-hydrogen) atoms. The number of rotatable bonds is 13. The average Bonchev–Trinajstić information content (AvgIpc) is 1.57. The van der Waals surface area contributed by atoms with Crippen molar-refractivity contribution in [3.8, 4) is 131 Å². The van der Waals surface area contributed by atoms with Crippen molar-refractivity contribution in [2.45, 2.75) is 7.43 Å². The normalized spacial score (nSPS) is 11.5. The third kappa shape index (κ3) is 14.8. The number of benzene rings is 18. The lowest BCUT2D eigenvalue weighted by Crippen LogP contribution is -2.01. The molecule has 0 N–H and O–H groups in total. The fraction of sp³-hybridized carbons (Fsp3) is 0.00813. The molecule has 14 nitrogen and oxygen atoms in total. The molecule has 28 aromatic rings. The highest BCUT2D eigenvalue weighted by Crippen LogP contribution is 2.48. The van der Waals surface area contributed by atoms with Gasteiger partial charge in [-0.05, 0) is 108 Å². The number of thiophene rings is 2. The number of hydrogen-bond donors (Lipinski definition) is 0. The van der Waals surface area contributed by atoms with Crippen LogP contribution in [0.3, 0.4) is 0 Å². The minimum atomic E-state index is 0. The molecular weight excluding hydrogens is 1740 g/mol. The molecule has 0 bridgehead atoms. The first-order valence-electron chi connectivity index (χ1n) is 45.8. The van der Waals surface area contributed by atoms with Crippen molar-refractivity contribution in [2.24, 2.45) is 0 Å². The number of para-hydroxylation sites is 4. The van der Waals surface area contributed by atoms with Gasteiger partial charge in [0.05, 0.1) is 42.5 Å². The van der Waals surface area contributed by atoms with Gasteiger partial charge in [-0.1, -0.05) is 359 Å². The SMILES string of the molecule is C.c1ccc(-c2cccc(-c3nc(-c4ccccc4)nc(-c4cccc(-n5c6ccccc6c6ccc7c8ccccc8sc7c65)c4)n3)c2)cc1.c1ccc(-c2nc(-c3ccccc3)nc(-c3ccc(-n4c5ccccc5c5ccc6c7ccccc7oc6c54)cc3)n2)cc1.c1ccc(-c2nc(-c3ccccc3)nc(-c3ccc(-n4c5ccccc5c5ccc6c7ccccc7sc6c54)nc3)n2)cc1. The van der Waals surface area contributed by atoms with Crippen molar-refractivity contribution in [1.29, 1.82) is 0 Å². The highest BCUT2D eigenvalue weighted by molar-refractivity contribution is 7.27. The first-order valence-corrected chi connectivity index (χ1v) is 47.5. The first kappa shape index (κ1) is 82.7. The summed E-state index contributed by atoms with van der Waals surface area (Å²) < 4.78 is 18.7. The molecule has 10 heterocycles. The van der Waals surface area contributed by atoms with Crippen LogP contribution in [0.2, 0.25) is 0 Å². The fourth-order valence-corrected chi connectivity index (χ4v) is 21.8. The molecule has 0 aliphatic carbocycles. The second-order valence-corrected chi connectivity index (χ2v) is 36.2. The molecule has 16 heteroatoms.